The van der Waals surface area contributed by atoms with Crippen LogP contribution in [0.15, 0.2) is 164 Å². The number of fused-ring (bicyclic) bond motifs is 6. The van der Waals surface area contributed by atoms with Gasteiger partial charge in [-0.25, -0.2) is 0 Å². The van der Waals surface area contributed by atoms with Gasteiger partial charge >= 0.3 is 0 Å². The first-order valence-electron chi connectivity index (χ1n) is 15.0. The fourth-order valence-electron chi connectivity index (χ4n) is 6.84. The van der Waals surface area contributed by atoms with Crippen LogP contribution in [0.5, 0.6) is 0 Å². The highest BCUT2D eigenvalue weighted by Gasteiger charge is 2.18. The van der Waals surface area contributed by atoms with Gasteiger partial charge < -0.3 is 9.13 Å². The maximum absolute atomic E-state index is 4.49. The molecule has 0 fully saturated rings. The Morgan fingerprint density at radius 2 is 1.02 bits per heavy atom. The van der Waals surface area contributed by atoms with E-state index >= 15 is 0 Å². The van der Waals surface area contributed by atoms with Crippen molar-refractivity contribution < 1.29 is 0 Å². The zero-order chi connectivity index (χ0) is 29.0. The highest BCUT2D eigenvalue weighted by molar-refractivity contribution is 6.15. The third kappa shape index (κ3) is 3.73. The number of pyridine rings is 1. The standard InChI is InChI=1S/C41H27N3/c1-3-10-28(11-4-1)29-18-21-32(22-19-29)44-38-17-8-7-14-34(38)37-16-9-15-33(41(37)44)30-20-23-35-36-24-25-42-27-40(36)43(39(35)26-30)31-12-5-2-6-13-31/h1-27H. The van der Waals surface area contributed by atoms with Gasteiger partial charge in [0.1, 0.15) is 0 Å². The fourth-order valence-corrected chi connectivity index (χ4v) is 6.84. The minimum atomic E-state index is 1.11. The summed E-state index contributed by atoms with van der Waals surface area (Å²) in [5, 5.41) is 4.93. The molecule has 0 radical (unpaired) electrons. The van der Waals surface area contributed by atoms with Crippen molar-refractivity contribution in [1.29, 1.82) is 0 Å². The van der Waals surface area contributed by atoms with Gasteiger partial charge in [-0.05, 0) is 59.2 Å². The molecule has 0 saturated carbocycles. The highest BCUT2D eigenvalue weighted by Crippen LogP contribution is 2.40. The van der Waals surface area contributed by atoms with Crippen LogP contribution in [0.25, 0.3) is 77.2 Å². The number of benzene rings is 6. The van der Waals surface area contributed by atoms with E-state index in [0.717, 1.165) is 16.9 Å². The Morgan fingerprint density at radius 3 is 1.86 bits per heavy atom. The predicted octanol–water partition coefficient (Wildman–Crippen LogP) is 10.6. The Bertz CT molecular complexity index is 2470. The lowest BCUT2D eigenvalue weighted by Gasteiger charge is -2.13. The number of rotatable bonds is 4. The summed E-state index contributed by atoms with van der Waals surface area (Å²) in [4.78, 5) is 4.49. The molecule has 3 nitrogen and oxygen atoms in total. The first-order valence-corrected chi connectivity index (χ1v) is 15.0. The van der Waals surface area contributed by atoms with E-state index in [2.05, 4.69) is 166 Å². The molecule has 0 unspecified atom stereocenters. The lowest BCUT2D eigenvalue weighted by Crippen LogP contribution is -1.96. The Morgan fingerprint density at radius 1 is 0.386 bits per heavy atom. The molecule has 0 saturated heterocycles. The number of hydrogen-bond donors (Lipinski definition) is 0. The number of aromatic nitrogens is 3. The topological polar surface area (TPSA) is 22.8 Å². The van der Waals surface area contributed by atoms with Gasteiger partial charge in [0.05, 0.1) is 28.3 Å². The van der Waals surface area contributed by atoms with Gasteiger partial charge in [0.25, 0.3) is 0 Å². The number of para-hydroxylation sites is 3. The Hall–Kier alpha value is -5.93. The Balaban J connectivity index is 1.31. The lowest BCUT2D eigenvalue weighted by molar-refractivity contribution is 1.16. The minimum Gasteiger partial charge on any atom is -0.309 e. The summed E-state index contributed by atoms with van der Waals surface area (Å²) in [5.74, 6) is 0. The molecule has 6 aromatic carbocycles. The predicted molar refractivity (Wildman–Crippen MR) is 184 cm³/mol. The largest absolute Gasteiger partial charge is 0.309 e. The van der Waals surface area contributed by atoms with Gasteiger partial charge in [-0.3, -0.25) is 4.98 Å². The van der Waals surface area contributed by atoms with Crippen molar-refractivity contribution in [2.24, 2.45) is 0 Å². The molecule has 3 aromatic heterocycles. The molecule has 0 amide bonds. The zero-order valence-corrected chi connectivity index (χ0v) is 23.9. The maximum atomic E-state index is 4.49. The van der Waals surface area contributed by atoms with Crippen LogP contribution < -0.4 is 0 Å². The van der Waals surface area contributed by atoms with Crippen LogP contribution in [0.3, 0.4) is 0 Å². The van der Waals surface area contributed by atoms with Crippen molar-refractivity contribution in [3.63, 3.8) is 0 Å². The molecule has 206 valence electrons. The summed E-state index contributed by atoms with van der Waals surface area (Å²) >= 11 is 0. The monoisotopic (exact) mass is 561 g/mol. The van der Waals surface area contributed by atoms with E-state index in [1.54, 1.807) is 0 Å². The van der Waals surface area contributed by atoms with Crippen molar-refractivity contribution in [1.82, 2.24) is 14.1 Å². The van der Waals surface area contributed by atoms with E-state index in [1.807, 2.05) is 12.4 Å². The van der Waals surface area contributed by atoms with Gasteiger partial charge in [0.15, 0.2) is 0 Å². The van der Waals surface area contributed by atoms with Crippen LogP contribution in [-0.2, 0) is 0 Å². The molecular formula is C41H27N3. The van der Waals surface area contributed by atoms with Gasteiger partial charge in [-0.15, -0.1) is 0 Å². The van der Waals surface area contributed by atoms with Gasteiger partial charge in [0.2, 0.25) is 0 Å². The van der Waals surface area contributed by atoms with Crippen molar-refractivity contribution in [3.8, 4) is 33.6 Å². The summed E-state index contributed by atoms with van der Waals surface area (Å²) in [6, 6.07) is 54.5. The summed E-state index contributed by atoms with van der Waals surface area (Å²) in [7, 11) is 0. The third-order valence-electron chi connectivity index (χ3n) is 8.82. The van der Waals surface area contributed by atoms with Gasteiger partial charge in [0, 0.05) is 44.7 Å². The maximum Gasteiger partial charge on any atom is 0.0724 e. The molecule has 0 spiro atoms. The lowest BCUT2D eigenvalue weighted by atomic mass is 10.00. The van der Waals surface area contributed by atoms with Gasteiger partial charge in [-0.1, -0.05) is 109 Å². The molecule has 0 N–H and O–H groups in total. The third-order valence-corrected chi connectivity index (χ3v) is 8.82. The second-order valence-electron chi connectivity index (χ2n) is 11.3. The molecule has 44 heavy (non-hydrogen) atoms. The molecule has 0 bridgehead atoms. The van der Waals surface area contributed by atoms with Crippen molar-refractivity contribution in [2.45, 2.75) is 0 Å². The van der Waals surface area contributed by atoms with E-state index < -0.39 is 0 Å². The second kappa shape index (κ2) is 9.82. The average molecular weight is 562 g/mol. The van der Waals surface area contributed by atoms with E-state index in [-0.39, 0.29) is 0 Å². The van der Waals surface area contributed by atoms with Crippen LogP contribution >= 0.6 is 0 Å². The molecule has 0 aliphatic rings. The summed E-state index contributed by atoms with van der Waals surface area (Å²) in [6.45, 7) is 0. The summed E-state index contributed by atoms with van der Waals surface area (Å²) in [6.07, 6.45) is 3.85. The van der Waals surface area contributed by atoms with E-state index in [9.17, 15) is 0 Å². The molecule has 3 heterocycles. The van der Waals surface area contributed by atoms with E-state index in [1.165, 1.54) is 60.3 Å². The number of nitrogens with zero attached hydrogens (tertiary/aromatic N) is 3. The molecular weight excluding hydrogens is 534 g/mol. The van der Waals surface area contributed by atoms with Crippen molar-refractivity contribution in [3.05, 3.63) is 164 Å². The molecule has 0 atom stereocenters. The van der Waals surface area contributed by atoms with Crippen LogP contribution in [0.1, 0.15) is 0 Å². The quantitative estimate of drug-likeness (QED) is 0.210. The highest BCUT2D eigenvalue weighted by atomic mass is 15.0. The molecule has 9 rings (SSSR count). The average Bonchev–Trinajstić information content (AvgIpc) is 3.62. The van der Waals surface area contributed by atoms with E-state index in [0.29, 0.717) is 0 Å². The van der Waals surface area contributed by atoms with Crippen LogP contribution in [0, 0.1) is 0 Å². The van der Waals surface area contributed by atoms with Crippen LogP contribution in [0.4, 0.5) is 0 Å². The van der Waals surface area contributed by atoms with Gasteiger partial charge in [-0.2, -0.15) is 0 Å². The molecule has 0 aliphatic heterocycles. The first kappa shape index (κ1) is 24.6. The summed E-state index contributed by atoms with van der Waals surface area (Å²) in [5.41, 5.74) is 11.8. The SMILES string of the molecule is c1ccc(-c2ccc(-n3c4ccccc4c4cccc(-c5ccc6c7ccncc7n(-c7ccccc7)c6c5)c43)cc2)cc1. The van der Waals surface area contributed by atoms with Crippen LogP contribution in [-0.4, -0.2) is 14.1 Å². The summed E-state index contributed by atoms with van der Waals surface area (Å²) < 4.78 is 4.76. The Labute approximate surface area is 254 Å². The molecule has 0 aliphatic carbocycles. The number of hydrogen-bond acceptors (Lipinski definition) is 1. The van der Waals surface area contributed by atoms with Crippen molar-refractivity contribution in [2.75, 3.05) is 0 Å². The van der Waals surface area contributed by atoms with Crippen LogP contribution in [0.2, 0.25) is 0 Å². The molecule has 3 heteroatoms. The molecule has 9 aromatic rings. The van der Waals surface area contributed by atoms with E-state index in [4.69, 9.17) is 0 Å². The smallest absolute Gasteiger partial charge is 0.0724 e. The minimum absolute atomic E-state index is 1.11. The first-order chi connectivity index (χ1) is 21.8. The van der Waals surface area contributed by atoms with Crippen molar-refractivity contribution >= 4 is 43.6 Å². The second-order valence-corrected chi connectivity index (χ2v) is 11.3. The zero-order valence-electron chi connectivity index (χ0n) is 23.9. The fraction of sp³-hybridized carbons (Fsp3) is 0. The normalized spacial score (nSPS) is 11.6. The Kier molecular flexibility index (Phi) is 5.50.